The summed E-state index contributed by atoms with van der Waals surface area (Å²) in [6.07, 6.45) is -0.890. The minimum atomic E-state index is -0.890. The van der Waals surface area contributed by atoms with Crippen LogP contribution in [0.15, 0.2) is 24.3 Å². The van der Waals surface area contributed by atoms with Crippen LogP contribution >= 0.6 is 0 Å². The second-order valence-electron chi connectivity index (χ2n) is 4.63. The van der Waals surface area contributed by atoms with Crippen LogP contribution in [0.25, 0.3) is 0 Å². The third kappa shape index (κ3) is 5.26. The molecule has 0 saturated carbocycles. The Bertz CT molecular complexity index is 477. The van der Waals surface area contributed by atoms with Gasteiger partial charge in [-0.25, -0.2) is 4.39 Å². The van der Waals surface area contributed by atoms with Crippen LogP contribution in [-0.2, 0) is 9.59 Å². The molecule has 0 aromatic heterocycles. The molecule has 0 heterocycles. The van der Waals surface area contributed by atoms with E-state index in [0.717, 1.165) is 0 Å². The molecule has 0 radical (unpaired) electrons. The van der Waals surface area contributed by atoms with Crippen LogP contribution in [0.3, 0.4) is 0 Å². The highest BCUT2D eigenvalue weighted by molar-refractivity contribution is 5.86. The smallest absolute Gasteiger partial charge is 0.261 e. The maximum absolute atomic E-state index is 13.4. The zero-order chi connectivity index (χ0) is 15.1. The van der Waals surface area contributed by atoms with Gasteiger partial charge in [0.1, 0.15) is 0 Å². The highest BCUT2D eigenvalue weighted by atomic mass is 19.1. The number of amides is 2. The average molecular weight is 282 g/mol. The molecule has 0 bridgehead atoms. The lowest BCUT2D eigenvalue weighted by Crippen LogP contribution is -2.43. The van der Waals surface area contributed by atoms with Gasteiger partial charge in [0.05, 0.1) is 6.54 Å². The Hall–Kier alpha value is -2.11. The molecule has 1 unspecified atom stereocenters. The molecule has 2 N–H and O–H groups in total. The number of halogens is 1. The largest absolute Gasteiger partial charge is 0.478 e. The monoisotopic (exact) mass is 282 g/mol. The minimum absolute atomic E-state index is 0.00165. The molecule has 1 rings (SSSR count). The van der Waals surface area contributed by atoms with Gasteiger partial charge in [0.2, 0.25) is 5.91 Å². The number of rotatable bonds is 6. The first-order chi connectivity index (χ1) is 9.40. The Morgan fingerprint density at radius 1 is 1.25 bits per heavy atom. The molecule has 1 aromatic carbocycles. The van der Waals surface area contributed by atoms with Crippen LogP contribution in [-0.4, -0.2) is 30.5 Å². The first-order valence-corrected chi connectivity index (χ1v) is 6.38. The fraction of sp³-hybridized carbons (Fsp3) is 0.429. The van der Waals surface area contributed by atoms with Gasteiger partial charge < -0.3 is 15.4 Å². The summed E-state index contributed by atoms with van der Waals surface area (Å²) in [5, 5.41) is 5.07. The van der Waals surface area contributed by atoms with E-state index in [-0.39, 0.29) is 24.2 Å². The molecule has 0 aliphatic carbocycles. The molecule has 0 saturated heterocycles. The average Bonchev–Trinajstić information content (AvgIpc) is 2.37. The van der Waals surface area contributed by atoms with Crippen molar-refractivity contribution in [3.05, 3.63) is 30.1 Å². The fourth-order valence-corrected chi connectivity index (χ4v) is 1.47. The van der Waals surface area contributed by atoms with Gasteiger partial charge in [-0.1, -0.05) is 12.1 Å². The number of ether oxygens (including phenoxy) is 1. The summed E-state index contributed by atoms with van der Waals surface area (Å²) in [7, 11) is 0. The third-order valence-electron chi connectivity index (χ3n) is 2.38. The number of hydrogen-bond donors (Lipinski definition) is 2. The predicted molar refractivity (Wildman–Crippen MR) is 72.8 cm³/mol. The molecular formula is C14H19FN2O3. The molecular weight excluding hydrogens is 263 g/mol. The Labute approximate surface area is 117 Å². The van der Waals surface area contributed by atoms with Crippen LogP contribution in [0, 0.1) is 5.82 Å². The molecule has 1 aromatic rings. The fourth-order valence-electron chi connectivity index (χ4n) is 1.47. The lowest BCUT2D eigenvalue weighted by atomic mass is 10.3. The molecule has 2 amide bonds. The van der Waals surface area contributed by atoms with Gasteiger partial charge in [0.25, 0.3) is 5.91 Å². The molecule has 0 spiro atoms. The maximum atomic E-state index is 13.4. The summed E-state index contributed by atoms with van der Waals surface area (Å²) in [6, 6.07) is 5.83. The van der Waals surface area contributed by atoms with E-state index in [9.17, 15) is 14.0 Å². The first-order valence-electron chi connectivity index (χ1n) is 6.38. The molecule has 1 atom stereocenters. The van der Waals surface area contributed by atoms with Crippen LogP contribution in [0.5, 0.6) is 5.75 Å². The number of nitrogens with one attached hydrogen (secondary N) is 2. The van der Waals surface area contributed by atoms with Crippen molar-refractivity contribution in [2.24, 2.45) is 0 Å². The molecule has 20 heavy (non-hydrogen) atoms. The van der Waals surface area contributed by atoms with Gasteiger partial charge in [-0.05, 0) is 32.9 Å². The Morgan fingerprint density at radius 2 is 1.90 bits per heavy atom. The highest BCUT2D eigenvalue weighted by Gasteiger charge is 2.17. The summed E-state index contributed by atoms with van der Waals surface area (Å²) >= 11 is 0. The second-order valence-corrected chi connectivity index (χ2v) is 4.63. The molecule has 6 heteroatoms. The summed E-state index contributed by atoms with van der Waals surface area (Å²) in [5.41, 5.74) is 0. The molecule has 0 fully saturated rings. The number of para-hydroxylation sites is 1. The van der Waals surface area contributed by atoms with Crippen molar-refractivity contribution in [2.75, 3.05) is 6.54 Å². The minimum Gasteiger partial charge on any atom is -0.478 e. The Morgan fingerprint density at radius 3 is 2.50 bits per heavy atom. The van der Waals surface area contributed by atoms with Crippen molar-refractivity contribution < 1.29 is 18.7 Å². The zero-order valence-corrected chi connectivity index (χ0v) is 11.8. The number of carbonyl (C=O) groups excluding carboxylic acids is 2. The van der Waals surface area contributed by atoms with Crippen molar-refractivity contribution in [1.29, 1.82) is 0 Å². The predicted octanol–water partition coefficient (Wildman–Crippen LogP) is 1.23. The lowest BCUT2D eigenvalue weighted by Gasteiger charge is -2.15. The van der Waals surface area contributed by atoms with Gasteiger partial charge in [-0.15, -0.1) is 0 Å². The molecule has 0 aliphatic rings. The van der Waals surface area contributed by atoms with Crippen molar-refractivity contribution >= 4 is 11.8 Å². The highest BCUT2D eigenvalue weighted by Crippen LogP contribution is 2.16. The summed E-state index contributed by atoms with van der Waals surface area (Å²) in [6.45, 7) is 5.00. The van der Waals surface area contributed by atoms with Gasteiger partial charge in [0, 0.05) is 6.04 Å². The van der Waals surface area contributed by atoms with E-state index in [2.05, 4.69) is 10.6 Å². The Kier molecular flexibility index (Phi) is 5.96. The topological polar surface area (TPSA) is 67.4 Å². The van der Waals surface area contributed by atoms with Gasteiger partial charge in [0.15, 0.2) is 17.7 Å². The van der Waals surface area contributed by atoms with E-state index >= 15 is 0 Å². The quantitative estimate of drug-likeness (QED) is 0.824. The molecule has 5 nitrogen and oxygen atoms in total. The van der Waals surface area contributed by atoms with E-state index in [0.29, 0.717) is 0 Å². The molecule has 0 aliphatic heterocycles. The van der Waals surface area contributed by atoms with Crippen molar-refractivity contribution in [3.8, 4) is 5.75 Å². The van der Waals surface area contributed by atoms with E-state index in [1.807, 2.05) is 13.8 Å². The summed E-state index contributed by atoms with van der Waals surface area (Å²) in [4.78, 5) is 23.1. The number of benzene rings is 1. The normalized spacial score (nSPS) is 11.8. The lowest BCUT2D eigenvalue weighted by molar-refractivity contribution is -0.130. The van der Waals surface area contributed by atoms with Crippen LogP contribution in [0.2, 0.25) is 0 Å². The summed E-state index contributed by atoms with van der Waals surface area (Å²) < 4.78 is 18.6. The number of hydrogen-bond acceptors (Lipinski definition) is 3. The van der Waals surface area contributed by atoms with Gasteiger partial charge in [-0.3, -0.25) is 9.59 Å². The number of carbonyl (C=O) groups is 2. The van der Waals surface area contributed by atoms with Crippen molar-refractivity contribution in [2.45, 2.75) is 32.9 Å². The van der Waals surface area contributed by atoms with E-state index in [1.165, 1.54) is 25.1 Å². The van der Waals surface area contributed by atoms with Crippen LogP contribution in [0.4, 0.5) is 4.39 Å². The second kappa shape index (κ2) is 7.47. The molecule has 110 valence electrons. The SMILES string of the molecule is CC(C)NC(=O)CNC(=O)C(C)Oc1ccccc1F. The van der Waals surface area contributed by atoms with Crippen LogP contribution < -0.4 is 15.4 Å². The zero-order valence-electron chi connectivity index (χ0n) is 11.8. The summed E-state index contributed by atoms with van der Waals surface area (Å²) in [5.74, 6) is -1.30. The first kappa shape index (κ1) is 15.9. The standard InChI is InChI=1S/C14H19FN2O3/c1-9(2)17-13(18)8-16-14(19)10(3)20-12-7-5-4-6-11(12)15/h4-7,9-10H,8H2,1-3H3,(H,16,19)(H,17,18). The van der Waals surface area contributed by atoms with Gasteiger partial charge >= 0.3 is 0 Å². The Balaban J connectivity index is 2.44. The van der Waals surface area contributed by atoms with E-state index < -0.39 is 17.8 Å². The van der Waals surface area contributed by atoms with Crippen molar-refractivity contribution in [1.82, 2.24) is 10.6 Å². The van der Waals surface area contributed by atoms with Crippen molar-refractivity contribution in [3.63, 3.8) is 0 Å². The maximum Gasteiger partial charge on any atom is 0.261 e. The van der Waals surface area contributed by atoms with Crippen LogP contribution in [0.1, 0.15) is 20.8 Å². The third-order valence-corrected chi connectivity index (χ3v) is 2.38. The van der Waals surface area contributed by atoms with Gasteiger partial charge in [-0.2, -0.15) is 0 Å². The van der Waals surface area contributed by atoms with E-state index in [4.69, 9.17) is 4.74 Å². The van der Waals surface area contributed by atoms with E-state index in [1.54, 1.807) is 6.07 Å².